The molecule has 0 fully saturated rings. The number of methoxy groups -OCH3 is 1. The van der Waals surface area contributed by atoms with Crippen molar-refractivity contribution in [3.63, 3.8) is 0 Å². The van der Waals surface area contributed by atoms with Gasteiger partial charge in [-0.15, -0.1) is 0 Å². The second-order valence-corrected chi connectivity index (χ2v) is 4.52. The normalized spacial score (nSPS) is 12.1. The lowest BCUT2D eigenvalue weighted by molar-refractivity contribution is 0.0526. The van der Waals surface area contributed by atoms with Crippen molar-refractivity contribution in [1.82, 2.24) is 4.57 Å². The lowest BCUT2D eigenvalue weighted by atomic mass is 10.1. The number of ether oxygens (including phenoxy) is 2. The van der Waals surface area contributed by atoms with Crippen LogP contribution in [0.2, 0.25) is 0 Å². The van der Waals surface area contributed by atoms with Gasteiger partial charge in [0.05, 0.1) is 37.3 Å². The Morgan fingerprint density at radius 1 is 1.45 bits per heavy atom. The molecule has 0 atom stereocenters. The molecular formula is C15H16N2O3. The quantitative estimate of drug-likeness (QED) is 0.873. The Kier molecular flexibility index (Phi) is 3.10. The summed E-state index contributed by atoms with van der Waals surface area (Å²) < 4.78 is 12.4. The summed E-state index contributed by atoms with van der Waals surface area (Å²) in [6.45, 7) is 2.78. The van der Waals surface area contributed by atoms with E-state index >= 15 is 0 Å². The van der Waals surface area contributed by atoms with E-state index in [0.717, 1.165) is 22.7 Å². The van der Waals surface area contributed by atoms with Gasteiger partial charge in [-0.05, 0) is 19.1 Å². The minimum absolute atomic E-state index is 0.293. The first-order chi connectivity index (χ1) is 9.74. The molecule has 1 N–H and O–H groups in total. The number of aromatic nitrogens is 1. The molecule has 0 radical (unpaired) electrons. The van der Waals surface area contributed by atoms with E-state index in [1.807, 2.05) is 35.0 Å². The van der Waals surface area contributed by atoms with E-state index in [-0.39, 0.29) is 5.97 Å². The highest BCUT2D eigenvalue weighted by Crippen LogP contribution is 2.39. The Morgan fingerprint density at radius 2 is 2.30 bits per heavy atom. The van der Waals surface area contributed by atoms with Crippen LogP contribution in [0.5, 0.6) is 5.75 Å². The molecule has 0 amide bonds. The van der Waals surface area contributed by atoms with Crippen LogP contribution in [-0.4, -0.2) is 24.3 Å². The highest BCUT2D eigenvalue weighted by Gasteiger charge is 2.21. The minimum atomic E-state index is -0.293. The molecule has 0 unspecified atom stereocenters. The number of rotatable bonds is 3. The van der Waals surface area contributed by atoms with Gasteiger partial charge in [-0.25, -0.2) is 4.79 Å². The summed E-state index contributed by atoms with van der Waals surface area (Å²) >= 11 is 0. The van der Waals surface area contributed by atoms with Gasteiger partial charge in [-0.1, -0.05) is 12.1 Å². The van der Waals surface area contributed by atoms with Gasteiger partial charge in [0, 0.05) is 11.8 Å². The van der Waals surface area contributed by atoms with Gasteiger partial charge in [-0.2, -0.15) is 0 Å². The van der Waals surface area contributed by atoms with Crippen molar-refractivity contribution in [3.8, 4) is 17.0 Å². The van der Waals surface area contributed by atoms with Crippen molar-refractivity contribution in [3.05, 3.63) is 36.0 Å². The van der Waals surface area contributed by atoms with E-state index in [9.17, 15) is 4.79 Å². The minimum Gasteiger partial charge on any atom is -0.495 e. The average molecular weight is 272 g/mol. The largest absolute Gasteiger partial charge is 0.495 e. The van der Waals surface area contributed by atoms with Gasteiger partial charge in [0.15, 0.2) is 0 Å². The van der Waals surface area contributed by atoms with E-state index in [1.54, 1.807) is 14.0 Å². The van der Waals surface area contributed by atoms with E-state index < -0.39 is 0 Å². The van der Waals surface area contributed by atoms with Crippen molar-refractivity contribution < 1.29 is 14.3 Å². The first kappa shape index (κ1) is 12.6. The van der Waals surface area contributed by atoms with Gasteiger partial charge in [0.2, 0.25) is 0 Å². The number of para-hydroxylation sites is 1. The van der Waals surface area contributed by atoms with Gasteiger partial charge >= 0.3 is 5.97 Å². The Hall–Kier alpha value is -2.43. The summed E-state index contributed by atoms with van der Waals surface area (Å²) in [6, 6.07) is 7.71. The number of carbonyl (C=O) groups is 1. The molecule has 5 nitrogen and oxygen atoms in total. The van der Waals surface area contributed by atoms with Crippen LogP contribution >= 0.6 is 0 Å². The first-order valence-electron chi connectivity index (χ1n) is 6.53. The van der Waals surface area contributed by atoms with E-state index in [2.05, 4.69) is 5.32 Å². The van der Waals surface area contributed by atoms with Crippen molar-refractivity contribution >= 4 is 11.7 Å². The van der Waals surface area contributed by atoms with Crippen LogP contribution in [0.1, 0.15) is 17.3 Å². The Labute approximate surface area is 117 Å². The van der Waals surface area contributed by atoms with Crippen LogP contribution in [0, 0.1) is 0 Å². The third-order valence-electron chi connectivity index (χ3n) is 3.36. The van der Waals surface area contributed by atoms with Gasteiger partial charge < -0.3 is 19.4 Å². The summed E-state index contributed by atoms with van der Waals surface area (Å²) in [7, 11) is 1.65. The predicted octanol–water partition coefficient (Wildman–Crippen LogP) is 2.72. The number of nitrogens with one attached hydrogen (secondary N) is 1. The molecule has 104 valence electrons. The standard InChI is InChI=1S/C15H16N2O3/c1-3-20-15(18)10-7-12-11-5-4-6-13(19-2)14(11)16-9-17(12)8-10/h4-8,16H,3,9H2,1-2H3. The summed E-state index contributed by atoms with van der Waals surface area (Å²) in [5.41, 5.74) is 3.53. The average Bonchev–Trinajstić information content (AvgIpc) is 2.91. The smallest absolute Gasteiger partial charge is 0.339 e. The van der Waals surface area contributed by atoms with Crippen LogP contribution in [-0.2, 0) is 11.4 Å². The Bertz CT molecular complexity index is 661. The zero-order chi connectivity index (χ0) is 14.1. The second kappa shape index (κ2) is 4.92. The summed E-state index contributed by atoms with van der Waals surface area (Å²) in [5.74, 6) is 0.506. The SMILES string of the molecule is CCOC(=O)c1cc2n(c1)CNc1c(OC)cccc1-2. The van der Waals surface area contributed by atoms with Crippen molar-refractivity contribution in [2.75, 3.05) is 19.0 Å². The van der Waals surface area contributed by atoms with E-state index in [1.165, 1.54) is 0 Å². The van der Waals surface area contributed by atoms with Crippen LogP contribution in [0.25, 0.3) is 11.3 Å². The van der Waals surface area contributed by atoms with Crippen LogP contribution < -0.4 is 10.1 Å². The lowest BCUT2D eigenvalue weighted by Crippen LogP contribution is -2.15. The Balaban J connectivity index is 2.06. The van der Waals surface area contributed by atoms with Gasteiger partial charge in [-0.3, -0.25) is 0 Å². The monoisotopic (exact) mass is 272 g/mol. The van der Waals surface area contributed by atoms with Gasteiger partial charge in [0.25, 0.3) is 0 Å². The fourth-order valence-electron chi connectivity index (χ4n) is 2.46. The summed E-state index contributed by atoms with van der Waals surface area (Å²) in [5, 5.41) is 3.31. The molecule has 0 spiro atoms. The maximum Gasteiger partial charge on any atom is 0.339 e. The molecule has 3 rings (SSSR count). The van der Waals surface area contributed by atoms with E-state index in [4.69, 9.17) is 9.47 Å². The number of carbonyl (C=O) groups excluding carboxylic acids is 1. The van der Waals surface area contributed by atoms with Crippen LogP contribution in [0.15, 0.2) is 30.5 Å². The molecular weight excluding hydrogens is 256 g/mol. The van der Waals surface area contributed by atoms with Crippen molar-refractivity contribution in [2.24, 2.45) is 0 Å². The molecule has 5 heteroatoms. The molecule has 0 bridgehead atoms. The fraction of sp³-hybridized carbons (Fsp3) is 0.267. The second-order valence-electron chi connectivity index (χ2n) is 4.52. The van der Waals surface area contributed by atoms with Gasteiger partial charge in [0.1, 0.15) is 5.75 Å². The topological polar surface area (TPSA) is 52.5 Å². The van der Waals surface area contributed by atoms with Crippen molar-refractivity contribution in [1.29, 1.82) is 0 Å². The molecule has 1 aromatic carbocycles. The molecule has 1 aromatic heterocycles. The molecule has 0 saturated heterocycles. The van der Waals surface area contributed by atoms with Crippen molar-refractivity contribution in [2.45, 2.75) is 13.6 Å². The number of fused-ring (bicyclic) bond motifs is 3. The number of esters is 1. The molecule has 2 heterocycles. The third-order valence-corrected chi connectivity index (χ3v) is 3.36. The summed E-state index contributed by atoms with van der Waals surface area (Å²) in [6.07, 6.45) is 1.81. The first-order valence-corrected chi connectivity index (χ1v) is 6.53. The molecule has 20 heavy (non-hydrogen) atoms. The van der Waals surface area contributed by atoms with E-state index in [0.29, 0.717) is 18.8 Å². The third kappa shape index (κ3) is 1.91. The number of nitrogens with zero attached hydrogens (tertiary/aromatic N) is 1. The zero-order valence-electron chi connectivity index (χ0n) is 11.5. The van der Waals surface area contributed by atoms with Crippen LogP contribution in [0.3, 0.4) is 0 Å². The molecule has 1 aliphatic heterocycles. The highest BCUT2D eigenvalue weighted by atomic mass is 16.5. The molecule has 0 saturated carbocycles. The Morgan fingerprint density at radius 3 is 3.05 bits per heavy atom. The maximum atomic E-state index is 11.8. The highest BCUT2D eigenvalue weighted by molar-refractivity contribution is 5.93. The van der Waals surface area contributed by atoms with Crippen LogP contribution in [0.4, 0.5) is 5.69 Å². The maximum absolute atomic E-state index is 11.8. The number of benzene rings is 1. The molecule has 2 aromatic rings. The summed E-state index contributed by atoms with van der Waals surface area (Å²) in [4.78, 5) is 11.8. The fourth-order valence-corrected chi connectivity index (χ4v) is 2.46. The molecule has 1 aliphatic rings. The predicted molar refractivity (Wildman–Crippen MR) is 76.0 cm³/mol. The number of hydrogen-bond donors (Lipinski definition) is 1. The zero-order valence-corrected chi connectivity index (χ0v) is 11.5. The lowest BCUT2D eigenvalue weighted by Gasteiger charge is -2.22. The molecule has 0 aliphatic carbocycles. The number of anilines is 1. The number of hydrogen-bond acceptors (Lipinski definition) is 4.